The Morgan fingerprint density at radius 3 is 2.86 bits per heavy atom. The average molecular weight is 405 g/mol. The minimum Gasteiger partial charge on any atom is -0.391 e. The highest BCUT2D eigenvalue weighted by Gasteiger charge is 2.21. The van der Waals surface area contributed by atoms with E-state index < -0.39 is 10.0 Å². The molecule has 2 heterocycles. The number of fused-ring (bicyclic) bond motifs is 1. The molecule has 1 aromatic carbocycles. The number of benzene rings is 1. The number of thiazole rings is 1. The Hall–Kier alpha value is -1.00. The van der Waals surface area contributed by atoms with Crippen LogP contribution in [0, 0.1) is 0 Å². The van der Waals surface area contributed by atoms with Crippen LogP contribution in [0.1, 0.15) is 4.88 Å². The van der Waals surface area contributed by atoms with Gasteiger partial charge in [-0.05, 0) is 40.2 Å². The van der Waals surface area contributed by atoms with Crippen molar-refractivity contribution in [1.82, 2.24) is 4.98 Å². The zero-order chi connectivity index (χ0) is 15.0. The predicted octanol–water partition coefficient (Wildman–Crippen LogP) is 3.41. The number of halogens is 1. The van der Waals surface area contributed by atoms with Crippen molar-refractivity contribution in [3.63, 3.8) is 0 Å². The lowest BCUT2D eigenvalue weighted by atomic mass is 10.3. The third kappa shape index (κ3) is 2.97. The number of hydrogen-bond acceptors (Lipinski definition) is 6. The van der Waals surface area contributed by atoms with Gasteiger partial charge in [-0.15, -0.1) is 22.7 Å². The van der Waals surface area contributed by atoms with Crippen molar-refractivity contribution in [2.24, 2.45) is 0 Å². The quantitative estimate of drug-likeness (QED) is 0.697. The van der Waals surface area contributed by atoms with Crippen LogP contribution in [0.2, 0.25) is 0 Å². The Balaban J connectivity index is 1.96. The van der Waals surface area contributed by atoms with E-state index in [0.717, 1.165) is 10.2 Å². The molecule has 2 N–H and O–H groups in total. The van der Waals surface area contributed by atoms with Crippen molar-refractivity contribution >= 4 is 64.5 Å². The molecule has 110 valence electrons. The van der Waals surface area contributed by atoms with E-state index >= 15 is 0 Å². The number of anilines is 1. The average Bonchev–Trinajstić information content (AvgIpc) is 3.04. The van der Waals surface area contributed by atoms with E-state index in [0.29, 0.717) is 14.4 Å². The summed E-state index contributed by atoms with van der Waals surface area (Å²) in [5, 5.41) is 9.09. The van der Waals surface area contributed by atoms with Crippen LogP contribution in [0.4, 0.5) is 5.69 Å². The van der Waals surface area contributed by atoms with Crippen molar-refractivity contribution in [3.8, 4) is 0 Å². The normalized spacial score (nSPS) is 11.9. The van der Waals surface area contributed by atoms with E-state index in [9.17, 15) is 8.42 Å². The van der Waals surface area contributed by atoms with Gasteiger partial charge in [0.1, 0.15) is 4.90 Å². The first-order valence-corrected chi connectivity index (χ1v) is 9.72. The third-order valence-electron chi connectivity index (χ3n) is 2.74. The maximum Gasteiger partial charge on any atom is 0.263 e. The molecule has 0 radical (unpaired) electrons. The summed E-state index contributed by atoms with van der Waals surface area (Å²) in [6.07, 6.45) is 0. The second-order valence-electron chi connectivity index (χ2n) is 4.15. The molecule has 0 fully saturated rings. The van der Waals surface area contributed by atoms with E-state index in [1.165, 1.54) is 28.7 Å². The first-order chi connectivity index (χ1) is 9.99. The van der Waals surface area contributed by atoms with Crippen LogP contribution in [0.3, 0.4) is 0 Å². The van der Waals surface area contributed by atoms with Crippen LogP contribution in [-0.2, 0) is 16.6 Å². The lowest BCUT2D eigenvalue weighted by Crippen LogP contribution is -2.12. The Morgan fingerprint density at radius 2 is 2.14 bits per heavy atom. The number of aliphatic hydroxyl groups excluding tert-OH is 1. The zero-order valence-electron chi connectivity index (χ0n) is 10.4. The summed E-state index contributed by atoms with van der Waals surface area (Å²) in [7, 11) is -3.70. The van der Waals surface area contributed by atoms with Crippen LogP contribution < -0.4 is 4.72 Å². The van der Waals surface area contributed by atoms with Crippen molar-refractivity contribution in [1.29, 1.82) is 0 Å². The number of nitrogens with one attached hydrogen (secondary N) is 1. The second kappa shape index (κ2) is 5.65. The Labute approximate surface area is 137 Å². The van der Waals surface area contributed by atoms with Crippen LogP contribution in [0.5, 0.6) is 0 Å². The topological polar surface area (TPSA) is 79.3 Å². The lowest BCUT2D eigenvalue weighted by Gasteiger charge is -2.07. The van der Waals surface area contributed by atoms with Crippen LogP contribution in [0.25, 0.3) is 10.2 Å². The number of hydrogen-bond donors (Lipinski definition) is 2. The van der Waals surface area contributed by atoms with Crippen molar-refractivity contribution in [2.75, 3.05) is 4.72 Å². The highest BCUT2D eigenvalue weighted by molar-refractivity contribution is 9.11. The molecule has 0 atom stereocenters. The van der Waals surface area contributed by atoms with Crippen molar-refractivity contribution < 1.29 is 13.5 Å². The van der Waals surface area contributed by atoms with Gasteiger partial charge in [0.05, 0.1) is 31.8 Å². The number of aromatic nitrogens is 1. The first kappa shape index (κ1) is 14.9. The van der Waals surface area contributed by atoms with Gasteiger partial charge < -0.3 is 5.11 Å². The maximum absolute atomic E-state index is 12.4. The highest BCUT2D eigenvalue weighted by Crippen LogP contribution is 2.33. The minimum atomic E-state index is -3.70. The van der Waals surface area contributed by atoms with E-state index in [-0.39, 0.29) is 11.5 Å². The Morgan fingerprint density at radius 1 is 1.33 bits per heavy atom. The summed E-state index contributed by atoms with van der Waals surface area (Å²) in [5.41, 5.74) is 3.03. The van der Waals surface area contributed by atoms with Crippen LogP contribution >= 0.6 is 38.6 Å². The van der Waals surface area contributed by atoms with Crippen LogP contribution in [-0.4, -0.2) is 18.5 Å². The summed E-state index contributed by atoms with van der Waals surface area (Å²) in [4.78, 5) is 4.86. The Bertz CT molecular complexity index is 902. The monoisotopic (exact) mass is 404 g/mol. The van der Waals surface area contributed by atoms with Gasteiger partial charge in [-0.25, -0.2) is 13.4 Å². The summed E-state index contributed by atoms with van der Waals surface area (Å²) in [5.74, 6) is 0. The summed E-state index contributed by atoms with van der Waals surface area (Å²) in [6.45, 7) is -0.189. The Kier molecular flexibility index (Phi) is 4.02. The number of rotatable bonds is 4. The number of sulfonamides is 1. The van der Waals surface area contributed by atoms with Gasteiger partial charge in [0.15, 0.2) is 0 Å². The summed E-state index contributed by atoms with van der Waals surface area (Å²) >= 11 is 5.86. The lowest BCUT2D eigenvalue weighted by molar-refractivity contribution is 0.285. The molecule has 0 aliphatic carbocycles. The molecular weight excluding hydrogens is 396 g/mol. The van der Waals surface area contributed by atoms with Gasteiger partial charge >= 0.3 is 0 Å². The van der Waals surface area contributed by atoms with Gasteiger partial charge in [-0.3, -0.25) is 4.72 Å². The molecule has 3 aromatic rings. The smallest absolute Gasteiger partial charge is 0.263 e. The van der Waals surface area contributed by atoms with E-state index in [4.69, 9.17) is 5.11 Å². The fraction of sp³-hybridized carbons (Fsp3) is 0.0833. The molecule has 2 aromatic heterocycles. The molecule has 3 rings (SSSR count). The van der Waals surface area contributed by atoms with Gasteiger partial charge in [-0.2, -0.15) is 0 Å². The third-order valence-corrected chi connectivity index (χ3v) is 7.15. The summed E-state index contributed by atoms with van der Waals surface area (Å²) in [6, 6.07) is 6.65. The molecule has 5 nitrogen and oxygen atoms in total. The molecule has 0 saturated heterocycles. The minimum absolute atomic E-state index is 0.126. The molecule has 9 heteroatoms. The number of aliphatic hydroxyl groups is 1. The van der Waals surface area contributed by atoms with Gasteiger partial charge in [0, 0.05) is 4.88 Å². The van der Waals surface area contributed by atoms with Gasteiger partial charge in [0.2, 0.25) is 0 Å². The molecule has 0 aliphatic rings. The molecule has 0 bridgehead atoms. The van der Waals surface area contributed by atoms with E-state index in [1.807, 2.05) is 0 Å². The fourth-order valence-electron chi connectivity index (χ4n) is 1.79. The summed E-state index contributed by atoms with van der Waals surface area (Å²) < 4.78 is 28.7. The van der Waals surface area contributed by atoms with Crippen molar-refractivity contribution in [3.05, 3.63) is 38.4 Å². The molecule has 0 saturated carbocycles. The molecule has 0 spiro atoms. The largest absolute Gasteiger partial charge is 0.391 e. The predicted molar refractivity (Wildman–Crippen MR) is 88.4 cm³/mol. The highest BCUT2D eigenvalue weighted by atomic mass is 79.9. The van der Waals surface area contributed by atoms with Crippen LogP contribution in [0.15, 0.2) is 38.5 Å². The van der Waals surface area contributed by atoms with Crippen molar-refractivity contribution in [2.45, 2.75) is 11.5 Å². The SMILES string of the molecule is O=S(=O)(Nc1ccc2ncsc2c1)c1cc(CO)sc1Br. The first-order valence-electron chi connectivity index (χ1n) is 5.75. The maximum atomic E-state index is 12.4. The number of thiophene rings is 1. The molecule has 0 aliphatic heterocycles. The van der Waals surface area contributed by atoms with E-state index in [1.54, 1.807) is 23.7 Å². The fourth-order valence-corrected chi connectivity index (χ4v) is 6.10. The molecular formula is C12H9BrN2O3S3. The molecule has 0 amide bonds. The van der Waals surface area contributed by atoms with Gasteiger partial charge in [-0.1, -0.05) is 0 Å². The molecule has 0 unspecified atom stereocenters. The standard InChI is InChI=1S/C12H9BrN2O3S3/c13-12-11(4-8(5-16)20-12)21(17,18)15-7-1-2-9-10(3-7)19-6-14-9/h1-4,6,15-16H,5H2. The second-order valence-corrected chi connectivity index (χ2v) is 9.14. The number of nitrogens with zero attached hydrogens (tertiary/aromatic N) is 1. The zero-order valence-corrected chi connectivity index (χ0v) is 14.4. The van der Waals surface area contributed by atoms with E-state index in [2.05, 4.69) is 25.6 Å². The molecule has 21 heavy (non-hydrogen) atoms. The van der Waals surface area contributed by atoms with Gasteiger partial charge in [0.25, 0.3) is 10.0 Å².